The molecule has 0 saturated carbocycles. The molecule has 1 heterocycles. The van der Waals surface area contributed by atoms with E-state index < -0.39 is 0 Å². The molecule has 1 nitrogen and oxygen atoms in total. The van der Waals surface area contributed by atoms with Crippen LogP contribution in [0, 0.1) is 0 Å². The van der Waals surface area contributed by atoms with Crippen molar-refractivity contribution >= 4 is 33.2 Å². The summed E-state index contributed by atoms with van der Waals surface area (Å²) in [4.78, 5) is 1.35. The van der Waals surface area contributed by atoms with Crippen molar-refractivity contribution in [2.45, 2.75) is 17.9 Å². The largest absolute Gasteiger partial charge is 0.306 e. The van der Waals surface area contributed by atoms with Crippen LogP contribution in [0.5, 0.6) is 0 Å². The van der Waals surface area contributed by atoms with Gasteiger partial charge in [0.05, 0.1) is 6.04 Å². The van der Waals surface area contributed by atoms with Crippen LogP contribution in [-0.2, 0) is 0 Å². The van der Waals surface area contributed by atoms with Crippen LogP contribution in [-0.4, -0.2) is 12.8 Å². The van der Waals surface area contributed by atoms with Gasteiger partial charge < -0.3 is 5.32 Å². The average molecular weight is 313 g/mol. The number of fused-ring (bicyclic) bond motifs is 1. The van der Waals surface area contributed by atoms with Crippen molar-refractivity contribution in [2.75, 3.05) is 12.8 Å². The van der Waals surface area contributed by atoms with Gasteiger partial charge in [-0.05, 0) is 46.8 Å². The Kier molecular flexibility index (Phi) is 4.63. The summed E-state index contributed by atoms with van der Waals surface area (Å²) in [6.45, 7) is 3.13. The molecule has 0 aliphatic heterocycles. The van der Waals surface area contributed by atoms with Crippen LogP contribution in [0.15, 0.2) is 58.8 Å². The molecule has 0 amide bonds. The number of nitrogens with one attached hydrogen (secondary N) is 1. The van der Waals surface area contributed by atoms with E-state index in [1.165, 1.54) is 26.1 Å². The second-order valence-corrected chi connectivity index (χ2v) is 6.68. The van der Waals surface area contributed by atoms with Crippen molar-refractivity contribution in [1.29, 1.82) is 0 Å². The average Bonchev–Trinajstić information content (AvgIpc) is 2.96. The number of rotatable bonds is 5. The molecular formula is C18H19NS2. The SMILES string of the molecule is CCNC(c1ccccc1SC)c1csc2ccccc12. The molecule has 3 rings (SSSR count). The maximum Gasteiger partial charge on any atom is 0.0602 e. The van der Waals surface area contributed by atoms with E-state index in [1.54, 1.807) is 0 Å². The lowest BCUT2D eigenvalue weighted by molar-refractivity contribution is 0.627. The maximum atomic E-state index is 3.66. The van der Waals surface area contributed by atoms with E-state index in [-0.39, 0.29) is 6.04 Å². The Morgan fingerprint density at radius 1 is 1.05 bits per heavy atom. The van der Waals surface area contributed by atoms with Crippen molar-refractivity contribution in [1.82, 2.24) is 5.32 Å². The highest BCUT2D eigenvalue weighted by Crippen LogP contribution is 2.36. The standard InChI is InChI=1S/C18H19NS2/c1-3-19-18(14-9-5-6-10-16(14)20-2)15-12-21-17-11-7-4-8-13(15)17/h4-12,18-19H,3H2,1-2H3. The van der Waals surface area contributed by atoms with Gasteiger partial charge >= 0.3 is 0 Å². The lowest BCUT2D eigenvalue weighted by Crippen LogP contribution is -2.22. The third-order valence-electron chi connectivity index (χ3n) is 3.68. The van der Waals surface area contributed by atoms with Crippen LogP contribution in [0.2, 0.25) is 0 Å². The number of thioether (sulfide) groups is 1. The minimum atomic E-state index is 0.259. The third kappa shape index (κ3) is 2.86. The molecule has 0 radical (unpaired) electrons. The highest BCUT2D eigenvalue weighted by Gasteiger charge is 2.19. The fourth-order valence-corrected chi connectivity index (χ4v) is 4.34. The van der Waals surface area contributed by atoms with E-state index in [9.17, 15) is 0 Å². The van der Waals surface area contributed by atoms with E-state index in [1.807, 2.05) is 23.1 Å². The highest BCUT2D eigenvalue weighted by atomic mass is 32.2. The summed E-state index contributed by atoms with van der Waals surface area (Å²) < 4.78 is 1.36. The molecule has 2 aromatic carbocycles. The van der Waals surface area contributed by atoms with Gasteiger partial charge in [0.1, 0.15) is 0 Å². The molecule has 0 saturated heterocycles. The predicted octanol–water partition coefficient (Wildman–Crippen LogP) is 5.32. The molecule has 0 fully saturated rings. The van der Waals surface area contributed by atoms with Gasteiger partial charge in [-0.1, -0.05) is 43.3 Å². The van der Waals surface area contributed by atoms with Gasteiger partial charge in [0.2, 0.25) is 0 Å². The van der Waals surface area contributed by atoms with E-state index in [4.69, 9.17) is 0 Å². The molecule has 108 valence electrons. The summed E-state index contributed by atoms with van der Waals surface area (Å²) in [5.41, 5.74) is 2.76. The predicted molar refractivity (Wildman–Crippen MR) is 95.6 cm³/mol. The first-order chi connectivity index (χ1) is 10.3. The summed E-state index contributed by atoms with van der Waals surface area (Å²) in [5, 5.41) is 7.33. The fourth-order valence-electron chi connectivity index (χ4n) is 2.72. The third-order valence-corrected chi connectivity index (χ3v) is 5.47. The van der Waals surface area contributed by atoms with Gasteiger partial charge in [-0.15, -0.1) is 23.1 Å². The van der Waals surface area contributed by atoms with Crippen molar-refractivity contribution in [3.63, 3.8) is 0 Å². The van der Waals surface area contributed by atoms with Crippen molar-refractivity contribution in [3.8, 4) is 0 Å². The molecule has 0 bridgehead atoms. The minimum absolute atomic E-state index is 0.259. The van der Waals surface area contributed by atoms with Gasteiger partial charge in [-0.3, -0.25) is 0 Å². The van der Waals surface area contributed by atoms with Crippen LogP contribution in [0.25, 0.3) is 10.1 Å². The first-order valence-corrected chi connectivity index (χ1v) is 9.28. The number of hydrogen-bond acceptors (Lipinski definition) is 3. The topological polar surface area (TPSA) is 12.0 Å². The molecule has 3 heteroatoms. The minimum Gasteiger partial charge on any atom is -0.306 e. The molecule has 1 unspecified atom stereocenters. The first-order valence-electron chi connectivity index (χ1n) is 7.17. The zero-order valence-corrected chi connectivity index (χ0v) is 13.9. The maximum absolute atomic E-state index is 3.66. The van der Waals surface area contributed by atoms with E-state index >= 15 is 0 Å². The summed E-state index contributed by atoms with van der Waals surface area (Å²) in [7, 11) is 0. The second kappa shape index (κ2) is 6.65. The van der Waals surface area contributed by atoms with Crippen LogP contribution in [0.4, 0.5) is 0 Å². The summed E-state index contributed by atoms with van der Waals surface area (Å²) in [6, 6.07) is 17.6. The normalized spacial score (nSPS) is 12.7. The van der Waals surface area contributed by atoms with Gasteiger partial charge in [0.25, 0.3) is 0 Å². The number of benzene rings is 2. The Labute approximate surface area is 134 Å². The lowest BCUT2D eigenvalue weighted by Gasteiger charge is -2.20. The van der Waals surface area contributed by atoms with Crippen molar-refractivity contribution < 1.29 is 0 Å². The quantitative estimate of drug-likeness (QED) is 0.640. The molecule has 3 aromatic rings. The zero-order valence-electron chi connectivity index (χ0n) is 12.3. The van der Waals surface area contributed by atoms with Gasteiger partial charge in [0.15, 0.2) is 0 Å². The van der Waals surface area contributed by atoms with Gasteiger partial charge in [0, 0.05) is 9.60 Å². The molecule has 0 aliphatic carbocycles. The number of hydrogen-bond donors (Lipinski definition) is 1. The van der Waals surface area contributed by atoms with Crippen LogP contribution in [0.3, 0.4) is 0 Å². The highest BCUT2D eigenvalue weighted by molar-refractivity contribution is 7.98. The molecule has 1 aromatic heterocycles. The second-order valence-electron chi connectivity index (χ2n) is 4.92. The Balaban J connectivity index is 2.13. The summed E-state index contributed by atoms with van der Waals surface area (Å²) in [5.74, 6) is 0. The summed E-state index contributed by atoms with van der Waals surface area (Å²) in [6.07, 6.45) is 2.15. The lowest BCUT2D eigenvalue weighted by atomic mass is 9.98. The summed E-state index contributed by atoms with van der Waals surface area (Å²) >= 11 is 3.65. The Morgan fingerprint density at radius 2 is 1.81 bits per heavy atom. The van der Waals surface area contributed by atoms with E-state index in [0.717, 1.165) is 6.54 Å². The van der Waals surface area contributed by atoms with E-state index in [2.05, 4.69) is 72.4 Å². The molecule has 0 spiro atoms. The number of thiophene rings is 1. The van der Waals surface area contributed by atoms with Crippen molar-refractivity contribution in [3.05, 3.63) is 65.0 Å². The van der Waals surface area contributed by atoms with E-state index in [0.29, 0.717) is 0 Å². The zero-order chi connectivity index (χ0) is 14.7. The van der Waals surface area contributed by atoms with Gasteiger partial charge in [-0.2, -0.15) is 0 Å². The molecule has 1 atom stereocenters. The van der Waals surface area contributed by atoms with Crippen LogP contribution < -0.4 is 5.32 Å². The molecular weight excluding hydrogens is 294 g/mol. The Hall–Kier alpha value is -1.29. The fraction of sp³-hybridized carbons (Fsp3) is 0.222. The smallest absolute Gasteiger partial charge is 0.0602 e. The molecule has 1 N–H and O–H groups in total. The van der Waals surface area contributed by atoms with Crippen molar-refractivity contribution in [2.24, 2.45) is 0 Å². The van der Waals surface area contributed by atoms with Gasteiger partial charge in [-0.25, -0.2) is 0 Å². The van der Waals surface area contributed by atoms with Crippen LogP contribution >= 0.6 is 23.1 Å². The first kappa shape index (κ1) is 14.6. The monoisotopic (exact) mass is 313 g/mol. The Morgan fingerprint density at radius 3 is 2.62 bits per heavy atom. The Bertz CT molecular complexity index is 733. The molecule has 21 heavy (non-hydrogen) atoms. The molecule has 0 aliphatic rings. The van der Waals surface area contributed by atoms with Crippen LogP contribution in [0.1, 0.15) is 24.1 Å².